The summed E-state index contributed by atoms with van der Waals surface area (Å²) in [5.41, 5.74) is 1.69. The highest BCUT2D eigenvalue weighted by Gasteiger charge is 2.25. The van der Waals surface area contributed by atoms with Crippen LogP contribution in [0.4, 0.5) is 11.4 Å². The van der Waals surface area contributed by atoms with Crippen LogP contribution in [0.2, 0.25) is 0 Å². The molecule has 1 amide bonds. The summed E-state index contributed by atoms with van der Waals surface area (Å²) in [6.45, 7) is 2.49. The van der Waals surface area contributed by atoms with E-state index >= 15 is 0 Å². The van der Waals surface area contributed by atoms with Gasteiger partial charge in [-0.25, -0.2) is 8.42 Å². The van der Waals surface area contributed by atoms with Crippen LogP contribution in [-0.2, 0) is 10.0 Å². The van der Waals surface area contributed by atoms with E-state index in [0.29, 0.717) is 31.9 Å². The number of ether oxygens (including phenoxy) is 1. The van der Waals surface area contributed by atoms with E-state index in [4.69, 9.17) is 4.74 Å². The molecule has 172 valence electrons. The van der Waals surface area contributed by atoms with Crippen molar-refractivity contribution in [2.45, 2.75) is 4.90 Å². The Balaban J connectivity index is 1.45. The number of nitrogens with zero attached hydrogens (tertiary/aromatic N) is 4. The topological polar surface area (TPSA) is 83.0 Å². The molecule has 2 heterocycles. The van der Waals surface area contributed by atoms with E-state index in [0.717, 1.165) is 11.4 Å². The van der Waals surface area contributed by atoms with Crippen molar-refractivity contribution in [3.63, 3.8) is 0 Å². The lowest BCUT2D eigenvalue weighted by Gasteiger charge is -2.36. The molecule has 0 radical (unpaired) electrons. The van der Waals surface area contributed by atoms with E-state index in [1.54, 1.807) is 48.4 Å². The summed E-state index contributed by atoms with van der Waals surface area (Å²) in [5.74, 6) is 0.592. The maximum atomic E-state index is 13.1. The van der Waals surface area contributed by atoms with Crippen molar-refractivity contribution in [1.82, 2.24) is 9.88 Å². The number of amides is 1. The van der Waals surface area contributed by atoms with E-state index in [1.165, 1.54) is 23.6 Å². The number of rotatable bonds is 6. The van der Waals surface area contributed by atoms with Gasteiger partial charge in [0.05, 0.1) is 17.7 Å². The van der Waals surface area contributed by atoms with Gasteiger partial charge in [-0.3, -0.25) is 14.1 Å². The molecule has 0 aliphatic carbocycles. The summed E-state index contributed by atoms with van der Waals surface area (Å²) >= 11 is 0. The number of carbonyl (C=O) groups excluding carboxylic acids is 1. The summed E-state index contributed by atoms with van der Waals surface area (Å²) in [7, 11) is -0.629. The van der Waals surface area contributed by atoms with Crippen molar-refractivity contribution in [1.29, 1.82) is 0 Å². The third-order valence-corrected chi connectivity index (χ3v) is 7.53. The van der Waals surface area contributed by atoms with Gasteiger partial charge in [0.15, 0.2) is 0 Å². The largest absolute Gasteiger partial charge is 0.497 e. The van der Waals surface area contributed by atoms with Crippen molar-refractivity contribution in [3.8, 4) is 5.75 Å². The fourth-order valence-corrected chi connectivity index (χ4v) is 4.95. The molecule has 1 aromatic heterocycles. The number of sulfonamides is 1. The molecule has 0 bridgehead atoms. The van der Waals surface area contributed by atoms with Crippen LogP contribution in [0.25, 0.3) is 0 Å². The predicted octanol–water partition coefficient (Wildman–Crippen LogP) is 2.88. The zero-order valence-electron chi connectivity index (χ0n) is 18.6. The van der Waals surface area contributed by atoms with Gasteiger partial charge in [0.2, 0.25) is 0 Å². The molecule has 1 aliphatic heterocycles. The van der Waals surface area contributed by atoms with Crippen molar-refractivity contribution < 1.29 is 17.9 Å². The Hall–Kier alpha value is -3.59. The molecule has 4 rings (SSSR count). The Kier molecular flexibility index (Phi) is 6.50. The molecular weight excluding hydrogens is 440 g/mol. The maximum Gasteiger partial charge on any atom is 0.272 e. The second kappa shape index (κ2) is 9.50. The Morgan fingerprint density at radius 2 is 1.64 bits per heavy atom. The van der Waals surface area contributed by atoms with E-state index in [2.05, 4.69) is 9.88 Å². The highest BCUT2D eigenvalue weighted by atomic mass is 32.2. The van der Waals surface area contributed by atoms with Crippen molar-refractivity contribution in [3.05, 3.63) is 78.6 Å². The highest BCUT2D eigenvalue weighted by molar-refractivity contribution is 7.92. The Morgan fingerprint density at radius 3 is 2.27 bits per heavy atom. The number of piperazine rings is 1. The molecule has 33 heavy (non-hydrogen) atoms. The van der Waals surface area contributed by atoms with Gasteiger partial charge >= 0.3 is 0 Å². The van der Waals surface area contributed by atoms with E-state index < -0.39 is 10.0 Å². The van der Waals surface area contributed by atoms with Gasteiger partial charge in [0, 0.05) is 45.1 Å². The van der Waals surface area contributed by atoms with Gasteiger partial charge in [-0.2, -0.15) is 0 Å². The van der Waals surface area contributed by atoms with Crippen LogP contribution >= 0.6 is 0 Å². The molecule has 0 saturated carbocycles. The van der Waals surface area contributed by atoms with Crippen LogP contribution in [0.1, 0.15) is 10.5 Å². The first-order valence-corrected chi connectivity index (χ1v) is 12.0. The van der Waals surface area contributed by atoms with Crippen LogP contribution in [0, 0.1) is 0 Å². The lowest BCUT2D eigenvalue weighted by molar-refractivity contribution is 0.0741. The van der Waals surface area contributed by atoms with Gasteiger partial charge in [0.25, 0.3) is 15.9 Å². The third-order valence-electron chi connectivity index (χ3n) is 5.73. The van der Waals surface area contributed by atoms with Gasteiger partial charge < -0.3 is 14.5 Å². The fourth-order valence-electron chi connectivity index (χ4n) is 3.74. The van der Waals surface area contributed by atoms with E-state index in [9.17, 15) is 13.2 Å². The van der Waals surface area contributed by atoms with Crippen LogP contribution in [0.15, 0.2) is 77.8 Å². The molecule has 1 aliphatic rings. The highest BCUT2D eigenvalue weighted by Crippen LogP contribution is 2.24. The van der Waals surface area contributed by atoms with Crippen molar-refractivity contribution in [2.24, 2.45) is 0 Å². The monoisotopic (exact) mass is 466 g/mol. The van der Waals surface area contributed by atoms with Crippen LogP contribution in [0.3, 0.4) is 0 Å². The molecule has 9 heteroatoms. The predicted molar refractivity (Wildman–Crippen MR) is 127 cm³/mol. The average molecular weight is 467 g/mol. The number of anilines is 2. The minimum Gasteiger partial charge on any atom is -0.497 e. The number of benzene rings is 2. The lowest BCUT2D eigenvalue weighted by atomic mass is 10.2. The number of hydrogen-bond acceptors (Lipinski definition) is 6. The second-order valence-electron chi connectivity index (χ2n) is 7.66. The maximum absolute atomic E-state index is 13.1. The van der Waals surface area contributed by atoms with Crippen LogP contribution < -0.4 is 13.9 Å². The third kappa shape index (κ3) is 4.78. The van der Waals surface area contributed by atoms with Gasteiger partial charge in [0.1, 0.15) is 11.4 Å². The van der Waals surface area contributed by atoms with Gasteiger partial charge in [-0.05, 0) is 48.5 Å². The Bertz CT molecular complexity index is 1210. The average Bonchev–Trinajstić information content (AvgIpc) is 2.88. The zero-order chi connectivity index (χ0) is 23.4. The first kappa shape index (κ1) is 22.6. The molecule has 1 saturated heterocycles. The smallest absolute Gasteiger partial charge is 0.272 e. The summed E-state index contributed by atoms with van der Waals surface area (Å²) in [4.78, 5) is 21.4. The Labute approximate surface area is 194 Å². The molecular formula is C24H26N4O4S. The second-order valence-corrected chi connectivity index (χ2v) is 9.63. The molecule has 3 aromatic rings. The van der Waals surface area contributed by atoms with Gasteiger partial charge in [-0.15, -0.1) is 0 Å². The molecule has 0 unspecified atom stereocenters. The summed E-state index contributed by atoms with van der Waals surface area (Å²) in [6, 6.07) is 19.2. The molecule has 0 spiro atoms. The normalized spacial score (nSPS) is 14.1. The Morgan fingerprint density at radius 1 is 0.970 bits per heavy atom. The van der Waals surface area contributed by atoms with Crippen molar-refractivity contribution >= 4 is 27.3 Å². The number of hydrogen-bond donors (Lipinski definition) is 0. The number of methoxy groups -OCH3 is 1. The number of pyridine rings is 1. The summed E-state index contributed by atoms with van der Waals surface area (Å²) in [5, 5.41) is 0. The molecule has 0 atom stereocenters. The fraction of sp³-hybridized carbons (Fsp3) is 0.250. The quantitative estimate of drug-likeness (QED) is 0.556. The first-order valence-electron chi connectivity index (χ1n) is 10.6. The van der Waals surface area contributed by atoms with E-state index in [-0.39, 0.29) is 16.5 Å². The zero-order valence-corrected chi connectivity index (χ0v) is 19.4. The SMILES string of the molecule is COc1ccc(N2CCN(C(=O)c3cc(N(C)S(=O)(=O)c4ccccc4)ccn3)CC2)cc1. The standard InChI is InChI=1S/C24H26N4O4S/c1-26(33(30,31)22-6-4-3-5-7-22)20-12-13-25-23(18-20)24(29)28-16-14-27(15-17-28)19-8-10-21(32-2)11-9-19/h3-13,18H,14-17H2,1-2H3. The first-order chi connectivity index (χ1) is 15.9. The van der Waals surface area contributed by atoms with Crippen LogP contribution in [0.5, 0.6) is 5.75 Å². The molecule has 2 aromatic carbocycles. The lowest BCUT2D eigenvalue weighted by Crippen LogP contribution is -2.49. The molecule has 1 fully saturated rings. The van der Waals surface area contributed by atoms with Gasteiger partial charge in [-0.1, -0.05) is 18.2 Å². The molecule has 0 N–H and O–H groups in total. The van der Waals surface area contributed by atoms with Crippen LogP contribution in [-0.4, -0.2) is 64.5 Å². The summed E-state index contributed by atoms with van der Waals surface area (Å²) in [6.07, 6.45) is 1.47. The minimum atomic E-state index is -3.74. The summed E-state index contributed by atoms with van der Waals surface area (Å²) < 4.78 is 32.2. The van der Waals surface area contributed by atoms with Crippen molar-refractivity contribution in [2.75, 3.05) is 49.5 Å². The molecule has 8 nitrogen and oxygen atoms in total. The minimum absolute atomic E-state index is 0.187. The number of carbonyl (C=O) groups is 1. The van der Waals surface area contributed by atoms with E-state index in [1.807, 2.05) is 24.3 Å². The number of aromatic nitrogens is 1.